The zero-order valence-electron chi connectivity index (χ0n) is 11.9. The molecule has 0 amide bonds. The van der Waals surface area contributed by atoms with Gasteiger partial charge in [-0.1, -0.05) is 31.4 Å². The molecule has 1 aliphatic rings. The second-order valence-electron chi connectivity index (χ2n) is 5.61. The number of aliphatic hydroxyl groups is 1. The summed E-state index contributed by atoms with van der Waals surface area (Å²) >= 11 is 0. The van der Waals surface area contributed by atoms with Gasteiger partial charge >= 0.3 is 0 Å². The number of sulfonamides is 1. The topological polar surface area (TPSA) is 66.4 Å². The smallest absolute Gasteiger partial charge is 0.240 e. The summed E-state index contributed by atoms with van der Waals surface area (Å²) in [5.41, 5.74) is 1.24. The Morgan fingerprint density at radius 2 is 1.80 bits per heavy atom. The first-order valence-corrected chi connectivity index (χ1v) is 8.74. The van der Waals surface area contributed by atoms with Crippen LogP contribution in [0.4, 0.5) is 0 Å². The van der Waals surface area contributed by atoms with Gasteiger partial charge in [-0.25, -0.2) is 13.1 Å². The van der Waals surface area contributed by atoms with Crippen LogP contribution < -0.4 is 4.72 Å². The summed E-state index contributed by atoms with van der Waals surface area (Å²) in [6.07, 6.45) is 6.24. The number of hydrogen-bond acceptors (Lipinski definition) is 3. The molecule has 1 aromatic rings. The molecule has 112 valence electrons. The van der Waals surface area contributed by atoms with E-state index < -0.39 is 16.1 Å². The molecule has 0 spiro atoms. The zero-order valence-corrected chi connectivity index (χ0v) is 12.7. The van der Waals surface area contributed by atoms with E-state index in [1.807, 2.05) is 12.1 Å². The van der Waals surface area contributed by atoms with Crippen molar-refractivity contribution in [2.75, 3.05) is 6.61 Å². The van der Waals surface area contributed by atoms with E-state index in [0.717, 1.165) is 0 Å². The van der Waals surface area contributed by atoms with Gasteiger partial charge in [-0.05, 0) is 43.4 Å². The SMILES string of the molecule is C[C@@H](CO)NS(=O)(=O)c1ccc(C2CCCCC2)cc1. The van der Waals surface area contributed by atoms with Crippen molar-refractivity contribution < 1.29 is 13.5 Å². The lowest BCUT2D eigenvalue weighted by atomic mass is 9.84. The van der Waals surface area contributed by atoms with E-state index in [-0.39, 0.29) is 11.5 Å². The van der Waals surface area contributed by atoms with E-state index in [4.69, 9.17) is 5.11 Å². The van der Waals surface area contributed by atoms with Crippen molar-refractivity contribution in [3.8, 4) is 0 Å². The Kier molecular flexibility index (Phi) is 5.18. The maximum absolute atomic E-state index is 12.1. The first-order chi connectivity index (χ1) is 9.53. The van der Waals surface area contributed by atoms with Crippen LogP contribution >= 0.6 is 0 Å². The van der Waals surface area contributed by atoms with Crippen LogP contribution in [0.25, 0.3) is 0 Å². The predicted octanol–water partition coefficient (Wildman–Crippen LogP) is 2.39. The molecular formula is C15H23NO3S. The first kappa shape index (κ1) is 15.5. The number of rotatable bonds is 5. The van der Waals surface area contributed by atoms with Gasteiger partial charge in [-0.15, -0.1) is 0 Å². The van der Waals surface area contributed by atoms with E-state index in [9.17, 15) is 8.42 Å². The molecule has 1 fully saturated rings. The molecule has 1 aliphatic carbocycles. The summed E-state index contributed by atoms with van der Waals surface area (Å²) < 4.78 is 26.6. The highest BCUT2D eigenvalue weighted by Gasteiger charge is 2.19. The molecule has 4 nitrogen and oxygen atoms in total. The number of aliphatic hydroxyl groups excluding tert-OH is 1. The van der Waals surface area contributed by atoms with E-state index >= 15 is 0 Å². The van der Waals surface area contributed by atoms with Crippen molar-refractivity contribution in [1.29, 1.82) is 0 Å². The molecule has 0 heterocycles. The third-order valence-corrected chi connectivity index (χ3v) is 5.50. The lowest BCUT2D eigenvalue weighted by molar-refractivity contribution is 0.265. The fraction of sp³-hybridized carbons (Fsp3) is 0.600. The van der Waals surface area contributed by atoms with Crippen LogP contribution in [-0.4, -0.2) is 26.2 Å². The fourth-order valence-corrected chi connectivity index (χ4v) is 3.96. The molecular weight excluding hydrogens is 274 g/mol. The molecule has 0 unspecified atom stereocenters. The normalized spacial score (nSPS) is 18.9. The fourth-order valence-electron chi connectivity index (χ4n) is 2.73. The van der Waals surface area contributed by atoms with Crippen LogP contribution in [-0.2, 0) is 10.0 Å². The quantitative estimate of drug-likeness (QED) is 0.877. The van der Waals surface area contributed by atoms with E-state index in [0.29, 0.717) is 5.92 Å². The minimum absolute atomic E-state index is 0.209. The second-order valence-corrected chi connectivity index (χ2v) is 7.32. The summed E-state index contributed by atoms with van der Waals surface area (Å²) in [7, 11) is -3.53. The maximum Gasteiger partial charge on any atom is 0.240 e. The van der Waals surface area contributed by atoms with E-state index in [2.05, 4.69) is 4.72 Å². The lowest BCUT2D eigenvalue weighted by Gasteiger charge is -2.22. The third-order valence-electron chi connectivity index (χ3n) is 3.90. The van der Waals surface area contributed by atoms with Crippen molar-refractivity contribution in [3.05, 3.63) is 29.8 Å². The molecule has 0 bridgehead atoms. The van der Waals surface area contributed by atoms with Crippen molar-refractivity contribution >= 4 is 10.0 Å². The minimum atomic E-state index is -3.53. The van der Waals surface area contributed by atoms with Gasteiger partial charge in [0.05, 0.1) is 11.5 Å². The predicted molar refractivity (Wildman–Crippen MR) is 79.1 cm³/mol. The summed E-state index contributed by atoms with van der Waals surface area (Å²) in [6, 6.07) is 6.70. The van der Waals surface area contributed by atoms with Crippen LogP contribution in [0.3, 0.4) is 0 Å². The average molecular weight is 297 g/mol. The van der Waals surface area contributed by atoms with Gasteiger partial charge in [-0.3, -0.25) is 0 Å². The van der Waals surface area contributed by atoms with Gasteiger partial charge in [0.1, 0.15) is 0 Å². The van der Waals surface area contributed by atoms with Crippen molar-refractivity contribution in [2.24, 2.45) is 0 Å². The molecule has 2 rings (SSSR count). The number of hydrogen-bond donors (Lipinski definition) is 2. The number of nitrogens with one attached hydrogen (secondary N) is 1. The molecule has 20 heavy (non-hydrogen) atoms. The Morgan fingerprint density at radius 1 is 1.20 bits per heavy atom. The molecule has 0 saturated heterocycles. The molecule has 5 heteroatoms. The van der Waals surface area contributed by atoms with Crippen LogP contribution in [0.2, 0.25) is 0 Å². The van der Waals surface area contributed by atoms with Gasteiger partial charge < -0.3 is 5.11 Å². The Balaban J connectivity index is 2.11. The summed E-state index contributed by atoms with van der Waals surface area (Å²) in [5.74, 6) is 0.574. The van der Waals surface area contributed by atoms with Crippen LogP contribution in [0.5, 0.6) is 0 Å². The molecule has 1 saturated carbocycles. The molecule has 0 aromatic heterocycles. The highest BCUT2D eigenvalue weighted by atomic mass is 32.2. The summed E-state index contributed by atoms with van der Waals surface area (Å²) in [6.45, 7) is 1.42. The van der Waals surface area contributed by atoms with Gasteiger partial charge in [0, 0.05) is 6.04 Å². The van der Waals surface area contributed by atoms with Gasteiger partial charge in [0.25, 0.3) is 0 Å². The molecule has 0 aliphatic heterocycles. The Labute approximate surface area is 121 Å². The monoisotopic (exact) mass is 297 g/mol. The molecule has 1 atom stereocenters. The summed E-state index contributed by atoms with van der Waals surface area (Å²) in [5, 5.41) is 8.93. The third kappa shape index (κ3) is 3.81. The van der Waals surface area contributed by atoms with Crippen molar-refractivity contribution in [1.82, 2.24) is 4.72 Å². The molecule has 1 aromatic carbocycles. The largest absolute Gasteiger partial charge is 0.395 e. The van der Waals surface area contributed by atoms with Gasteiger partial charge in [0.15, 0.2) is 0 Å². The highest BCUT2D eigenvalue weighted by molar-refractivity contribution is 7.89. The lowest BCUT2D eigenvalue weighted by Crippen LogP contribution is -2.34. The Morgan fingerprint density at radius 3 is 2.35 bits per heavy atom. The Bertz CT molecular complexity index is 519. The van der Waals surface area contributed by atoms with Crippen LogP contribution in [0.15, 0.2) is 29.2 Å². The molecule has 0 radical (unpaired) electrons. The average Bonchev–Trinajstić information content (AvgIpc) is 2.48. The standard InChI is InChI=1S/C15H23NO3S/c1-12(11-17)16-20(18,19)15-9-7-14(8-10-15)13-5-3-2-4-6-13/h7-10,12-13,16-17H,2-6,11H2,1H3/t12-/m0/s1. The molecule has 2 N–H and O–H groups in total. The second kappa shape index (κ2) is 6.70. The van der Waals surface area contributed by atoms with Crippen molar-refractivity contribution in [2.45, 2.75) is 55.9 Å². The minimum Gasteiger partial charge on any atom is -0.395 e. The van der Waals surface area contributed by atoms with Crippen LogP contribution in [0, 0.1) is 0 Å². The highest BCUT2D eigenvalue weighted by Crippen LogP contribution is 2.32. The van der Waals surface area contributed by atoms with Gasteiger partial charge in [0.2, 0.25) is 10.0 Å². The van der Waals surface area contributed by atoms with E-state index in [1.54, 1.807) is 19.1 Å². The zero-order chi connectivity index (χ0) is 14.6. The van der Waals surface area contributed by atoms with Crippen molar-refractivity contribution in [3.63, 3.8) is 0 Å². The number of benzene rings is 1. The van der Waals surface area contributed by atoms with Gasteiger partial charge in [-0.2, -0.15) is 0 Å². The van der Waals surface area contributed by atoms with Crippen LogP contribution in [0.1, 0.15) is 50.5 Å². The first-order valence-electron chi connectivity index (χ1n) is 7.26. The summed E-state index contributed by atoms with van der Waals surface area (Å²) in [4.78, 5) is 0.261. The maximum atomic E-state index is 12.1. The van der Waals surface area contributed by atoms with E-state index in [1.165, 1.54) is 37.7 Å². The Hall–Kier alpha value is -0.910.